The molecule has 0 aromatic heterocycles. The van der Waals surface area contributed by atoms with Crippen molar-refractivity contribution >= 4 is 5.91 Å². The average Bonchev–Trinajstić information content (AvgIpc) is 2.70. The van der Waals surface area contributed by atoms with Crippen molar-refractivity contribution in [3.8, 4) is 0 Å². The molecule has 3 aliphatic rings. The number of hydrogen-bond acceptors (Lipinski definition) is 5. The Hall–Kier alpha value is -0.950. The van der Waals surface area contributed by atoms with Crippen molar-refractivity contribution in [2.45, 2.75) is 71.2 Å². The Morgan fingerprint density at radius 3 is 2.60 bits per heavy atom. The number of carbonyl (C=O) groups excluding carboxylic acids is 1. The van der Waals surface area contributed by atoms with E-state index in [9.17, 15) is 4.79 Å². The van der Waals surface area contributed by atoms with Gasteiger partial charge in [0.2, 0.25) is 0 Å². The van der Waals surface area contributed by atoms with Gasteiger partial charge in [0.1, 0.15) is 12.2 Å². The van der Waals surface area contributed by atoms with E-state index in [2.05, 4.69) is 5.32 Å². The van der Waals surface area contributed by atoms with Crippen LogP contribution in [0.5, 0.6) is 0 Å². The first-order valence-electron chi connectivity index (χ1n) is 6.93. The van der Waals surface area contributed by atoms with E-state index in [0.29, 0.717) is 5.57 Å². The Balaban J connectivity index is 1.72. The second-order valence-corrected chi connectivity index (χ2v) is 6.18. The van der Waals surface area contributed by atoms with Gasteiger partial charge in [-0.1, -0.05) is 5.57 Å². The molecule has 0 saturated carbocycles. The molecule has 0 spiro atoms. The minimum absolute atomic E-state index is 0.0676. The molecule has 3 aliphatic heterocycles. The first kappa shape index (κ1) is 14.0. The van der Waals surface area contributed by atoms with Gasteiger partial charge in [-0.2, -0.15) is 0 Å². The van der Waals surface area contributed by atoms with Crippen LogP contribution in [0.4, 0.5) is 0 Å². The van der Waals surface area contributed by atoms with Gasteiger partial charge in [-0.15, -0.1) is 0 Å². The van der Waals surface area contributed by atoms with Crippen molar-refractivity contribution in [1.82, 2.24) is 5.32 Å². The zero-order valence-corrected chi connectivity index (χ0v) is 12.4. The largest absolute Gasteiger partial charge is 0.345 e. The Labute approximate surface area is 118 Å². The number of allylic oxidation sites excluding steroid dienone is 1. The van der Waals surface area contributed by atoms with Crippen molar-refractivity contribution in [2.24, 2.45) is 0 Å². The summed E-state index contributed by atoms with van der Waals surface area (Å²) in [6.07, 6.45) is -1.46. The van der Waals surface area contributed by atoms with Crippen LogP contribution < -0.4 is 5.32 Å². The molecule has 0 unspecified atom stereocenters. The number of fused-ring (bicyclic) bond motifs is 1. The van der Waals surface area contributed by atoms with E-state index in [0.717, 1.165) is 5.57 Å². The highest BCUT2D eigenvalue weighted by atomic mass is 16.8. The van der Waals surface area contributed by atoms with Crippen LogP contribution in [0, 0.1) is 0 Å². The third-order valence-corrected chi connectivity index (χ3v) is 3.82. The summed E-state index contributed by atoms with van der Waals surface area (Å²) in [4.78, 5) is 11.5. The molecule has 1 amide bonds. The summed E-state index contributed by atoms with van der Waals surface area (Å²) in [6, 6.07) is 0. The van der Waals surface area contributed by atoms with Gasteiger partial charge in [-0.25, -0.2) is 0 Å². The van der Waals surface area contributed by atoms with Gasteiger partial charge in [0.25, 0.3) is 5.91 Å². The molecule has 0 aromatic rings. The van der Waals surface area contributed by atoms with Gasteiger partial charge >= 0.3 is 0 Å². The van der Waals surface area contributed by atoms with Gasteiger partial charge in [0.15, 0.2) is 18.3 Å². The van der Waals surface area contributed by atoms with Crippen LogP contribution in [0.15, 0.2) is 11.1 Å². The third-order valence-electron chi connectivity index (χ3n) is 3.82. The van der Waals surface area contributed by atoms with E-state index in [4.69, 9.17) is 18.9 Å². The highest BCUT2D eigenvalue weighted by Gasteiger charge is 2.55. The van der Waals surface area contributed by atoms with Crippen molar-refractivity contribution < 1.29 is 23.7 Å². The number of amides is 1. The summed E-state index contributed by atoms with van der Waals surface area (Å²) >= 11 is 0. The lowest BCUT2D eigenvalue weighted by Gasteiger charge is -2.35. The molecular formula is C14H21NO5. The predicted octanol–water partition coefficient (Wildman–Crippen LogP) is 1.06. The summed E-state index contributed by atoms with van der Waals surface area (Å²) in [5.74, 6) is -0.735. The maximum absolute atomic E-state index is 11.5. The average molecular weight is 283 g/mol. The highest BCUT2D eigenvalue weighted by Crippen LogP contribution is 2.39. The summed E-state index contributed by atoms with van der Waals surface area (Å²) in [5, 5.41) is 2.75. The predicted molar refractivity (Wildman–Crippen MR) is 69.5 cm³/mol. The van der Waals surface area contributed by atoms with Gasteiger partial charge in [-0.05, 0) is 34.6 Å². The van der Waals surface area contributed by atoms with Crippen molar-refractivity contribution in [3.63, 3.8) is 0 Å². The lowest BCUT2D eigenvalue weighted by Crippen LogP contribution is -2.56. The lowest BCUT2D eigenvalue weighted by molar-refractivity contribution is -0.220. The fourth-order valence-electron chi connectivity index (χ4n) is 2.89. The second kappa shape index (κ2) is 4.53. The second-order valence-electron chi connectivity index (χ2n) is 6.18. The molecule has 3 rings (SSSR count). The number of nitrogens with one attached hydrogen (secondary N) is 1. The molecule has 6 heteroatoms. The van der Waals surface area contributed by atoms with Gasteiger partial charge in [-0.3, -0.25) is 4.79 Å². The summed E-state index contributed by atoms with van der Waals surface area (Å²) in [7, 11) is 0. The Kier molecular flexibility index (Phi) is 3.17. The van der Waals surface area contributed by atoms with Crippen LogP contribution in [0.2, 0.25) is 0 Å². The topological polar surface area (TPSA) is 66.0 Å². The maximum Gasteiger partial charge on any atom is 0.253 e. The number of hydrogen-bond donors (Lipinski definition) is 1. The Morgan fingerprint density at radius 1 is 1.30 bits per heavy atom. The fraction of sp³-hybridized carbons (Fsp3) is 0.786. The zero-order valence-electron chi connectivity index (χ0n) is 12.4. The van der Waals surface area contributed by atoms with Crippen LogP contribution >= 0.6 is 0 Å². The van der Waals surface area contributed by atoms with E-state index in [1.54, 1.807) is 0 Å². The molecule has 112 valence electrons. The van der Waals surface area contributed by atoms with Gasteiger partial charge in [0.05, 0.1) is 11.7 Å². The van der Waals surface area contributed by atoms with E-state index in [-0.39, 0.29) is 30.4 Å². The maximum atomic E-state index is 11.5. The van der Waals surface area contributed by atoms with Crippen LogP contribution in [0.25, 0.3) is 0 Å². The molecule has 0 bridgehead atoms. The van der Waals surface area contributed by atoms with Crippen molar-refractivity contribution in [1.29, 1.82) is 0 Å². The summed E-state index contributed by atoms with van der Waals surface area (Å²) in [6.45, 7) is 9.43. The monoisotopic (exact) mass is 283 g/mol. The SMILES string of the molecule is CC(C)=C1C(=O)N[C@@H]1O[C@@H]1[C@H]2OC(C)(C)O[C@H]2O[C@@H]1C. The molecule has 1 N–H and O–H groups in total. The fourth-order valence-corrected chi connectivity index (χ4v) is 2.89. The molecule has 3 heterocycles. The molecule has 0 aromatic carbocycles. The van der Waals surface area contributed by atoms with Crippen molar-refractivity contribution in [2.75, 3.05) is 0 Å². The quantitative estimate of drug-likeness (QED) is 0.606. The van der Waals surface area contributed by atoms with Crippen LogP contribution in [0.1, 0.15) is 34.6 Å². The molecular weight excluding hydrogens is 262 g/mol. The highest BCUT2D eigenvalue weighted by molar-refractivity contribution is 6.01. The minimum Gasteiger partial charge on any atom is -0.345 e. The van der Waals surface area contributed by atoms with Crippen LogP contribution in [-0.2, 0) is 23.7 Å². The van der Waals surface area contributed by atoms with E-state index in [1.807, 2.05) is 34.6 Å². The number of β-lactam (4-membered cyclic amide) rings is 1. The first-order valence-corrected chi connectivity index (χ1v) is 6.93. The molecule has 20 heavy (non-hydrogen) atoms. The van der Waals surface area contributed by atoms with E-state index in [1.165, 1.54) is 0 Å². The lowest BCUT2D eigenvalue weighted by atomic mass is 10.0. The molecule has 0 aliphatic carbocycles. The summed E-state index contributed by atoms with van der Waals surface area (Å²) in [5.41, 5.74) is 1.66. The third kappa shape index (κ3) is 2.16. The molecule has 5 atom stereocenters. The van der Waals surface area contributed by atoms with E-state index >= 15 is 0 Å². The number of rotatable bonds is 2. The Morgan fingerprint density at radius 2 is 2.00 bits per heavy atom. The number of carbonyl (C=O) groups is 1. The minimum atomic E-state index is -0.667. The van der Waals surface area contributed by atoms with Crippen LogP contribution in [-0.4, -0.2) is 42.5 Å². The molecule has 6 nitrogen and oxygen atoms in total. The molecule has 3 fully saturated rings. The van der Waals surface area contributed by atoms with Crippen LogP contribution in [0.3, 0.4) is 0 Å². The Bertz CT molecular complexity index is 468. The van der Waals surface area contributed by atoms with E-state index < -0.39 is 12.1 Å². The zero-order chi connectivity index (χ0) is 14.7. The molecule has 3 saturated heterocycles. The standard InChI is InChI=1S/C14H21NO5/c1-6(2)8-11(16)15-12(8)18-9-7(3)17-13-10(9)19-14(4,5)20-13/h7,9-10,12-13H,1-5H3,(H,15,16)/t7-,9+,10-,12-,13-/m1/s1. The molecule has 0 radical (unpaired) electrons. The first-order chi connectivity index (χ1) is 9.28. The number of ether oxygens (including phenoxy) is 4. The van der Waals surface area contributed by atoms with Gasteiger partial charge in [0, 0.05) is 0 Å². The van der Waals surface area contributed by atoms with Crippen molar-refractivity contribution in [3.05, 3.63) is 11.1 Å². The smallest absolute Gasteiger partial charge is 0.253 e. The summed E-state index contributed by atoms with van der Waals surface area (Å²) < 4.78 is 23.2. The van der Waals surface area contributed by atoms with Gasteiger partial charge < -0.3 is 24.3 Å². The normalized spacial score (nSPS) is 42.1.